The molecule has 0 bridgehead atoms. The van der Waals surface area contributed by atoms with E-state index in [-0.39, 0.29) is 42.4 Å². The van der Waals surface area contributed by atoms with Gasteiger partial charge < -0.3 is 19.5 Å². The van der Waals surface area contributed by atoms with E-state index in [1.807, 2.05) is 34.6 Å². The van der Waals surface area contributed by atoms with Gasteiger partial charge in [0.1, 0.15) is 5.76 Å². The van der Waals surface area contributed by atoms with Crippen LogP contribution in [0.2, 0.25) is 0 Å². The zero-order valence-corrected chi connectivity index (χ0v) is 21.8. The maximum Gasteiger partial charge on any atom is 0.216 e. The number of aryl methyl sites for hydroxylation is 2. The minimum atomic E-state index is -3.29. The van der Waals surface area contributed by atoms with Crippen molar-refractivity contribution in [2.24, 2.45) is 4.99 Å². The van der Waals surface area contributed by atoms with Gasteiger partial charge in [0.15, 0.2) is 5.96 Å². The number of ether oxygens (including phenoxy) is 1. The van der Waals surface area contributed by atoms with Crippen LogP contribution in [0.15, 0.2) is 9.52 Å². The second-order valence-electron chi connectivity index (χ2n) is 7.41. The lowest BCUT2D eigenvalue weighted by Crippen LogP contribution is -2.54. The van der Waals surface area contributed by atoms with Crippen LogP contribution < -0.4 is 5.32 Å². The van der Waals surface area contributed by atoms with E-state index >= 15 is 0 Å². The number of halogens is 1. The molecule has 1 aliphatic heterocycles. The molecule has 0 atom stereocenters. The van der Waals surface area contributed by atoms with Crippen molar-refractivity contribution in [3.8, 4) is 0 Å². The van der Waals surface area contributed by atoms with Crippen molar-refractivity contribution in [2.45, 2.75) is 47.1 Å². The fraction of sp³-hybridized carbons (Fsp3) is 0.789. The fourth-order valence-corrected chi connectivity index (χ4v) is 4.54. The molecule has 1 aromatic heterocycles. The molecule has 0 aromatic carbocycles. The van der Waals surface area contributed by atoms with Crippen molar-refractivity contribution in [1.29, 1.82) is 0 Å². The molecule has 1 aliphatic rings. The molecule has 1 aromatic rings. The number of rotatable bonds is 9. The Bertz CT molecular complexity index is 754. The molecule has 1 saturated heterocycles. The smallest absolute Gasteiger partial charge is 0.216 e. The number of hydrogen-bond donors (Lipinski definition) is 1. The predicted molar refractivity (Wildman–Crippen MR) is 129 cm³/mol. The maximum absolute atomic E-state index is 12.5. The minimum absolute atomic E-state index is 0. The van der Waals surface area contributed by atoms with Crippen LogP contribution in [-0.4, -0.2) is 86.5 Å². The van der Waals surface area contributed by atoms with Gasteiger partial charge in [0.25, 0.3) is 0 Å². The first-order valence-electron chi connectivity index (χ1n) is 10.3. The van der Waals surface area contributed by atoms with E-state index in [1.165, 1.54) is 0 Å². The summed E-state index contributed by atoms with van der Waals surface area (Å²) in [6.07, 6.45) is 0.798. The Morgan fingerprint density at radius 2 is 1.93 bits per heavy atom. The van der Waals surface area contributed by atoms with Crippen LogP contribution in [0.25, 0.3) is 0 Å². The number of aliphatic imine (C=N–C) groups is 1. The first-order valence-corrected chi connectivity index (χ1v) is 11.9. The Balaban J connectivity index is 0.00000450. The summed E-state index contributed by atoms with van der Waals surface area (Å²) in [4.78, 5) is 6.84. The maximum atomic E-state index is 12.5. The zero-order chi connectivity index (χ0) is 21.4. The lowest BCUT2D eigenvalue weighted by Gasteiger charge is -2.36. The molecule has 0 unspecified atom stereocenters. The van der Waals surface area contributed by atoms with Gasteiger partial charge in [-0.2, -0.15) is 4.31 Å². The lowest BCUT2D eigenvalue weighted by molar-refractivity contribution is 0.0904. The second kappa shape index (κ2) is 12.8. The van der Waals surface area contributed by atoms with E-state index in [0.29, 0.717) is 32.7 Å². The number of hydrogen-bond acceptors (Lipinski definition) is 6. The number of nitrogens with one attached hydrogen (secondary N) is 1. The molecule has 2 rings (SSSR count). The van der Waals surface area contributed by atoms with E-state index in [4.69, 9.17) is 14.3 Å². The summed E-state index contributed by atoms with van der Waals surface area (Å²) in [6, 6.07) is 0. The zero-order valence-electron chi connectivity index (χ0n) is 18.7. The van der Waals surface area contributed by atoms with Crippen LogP contribution in [0, 0.1) is 13.8 Å². The molecule has 30 heavy (non-hydrogen) atoms. The molecule has 1 fully saturated rings. The molecular formula is C19H36IN5O4S. The average molecular weight is 557 g/mol. The van der Waals surface area contributed by atoms with Gasteiger partial charge in [0, 0.05) is 44.8 Å². The van der Waals surface area contributed by atoms with Gasteiger partial charge >= 0.3 is 0 Å². The van der Waals surface area contributed by atoms with Gasteiger partial charge in [0.2, 0.25) is 10.0 Å². The van der Waals surface area contributed by atoms with Crippen LogP contribution in [0.5, 0.6) is 0 Å². The standard InChI is InChI=1S/C19H35N5O4S.HI/c1-6-20-19(21-8-7-18-16(4)22-28-17(18)5)23-9-11-24(12-10-23)29(25,26)14-13-27-15(2)3;/h15H,6-14H2,1-5H3,(H,20,21);1H. The van der Waals surface area contributed by atoms with E-state index in [1.54, 1.807) is 4.31 Å². The van der Waals surface area contributed by atoms with Gasteiger partial charge in [-0.05, 0) is 41.0 Å². The molecule has 1 N–H and O–H groups in total. The van der Waals surface area contributed by atoms with E-state index in [0.717, 1.165) is 35.9 Å². The van der Waals surface area contributed by atoms with Crippen LogP contribution in [0.1, 0.15) is 37.8 Å². The highest BCUT2D eigenvalue weighted by Gasteiger charge is 2.28. The van der Waals surface area contributed by atoms with Crippen molar-refractivity contribution in [3.63, 3.8) is 0 Å². The Kier molecular flexibility index (Phi) is 11.6. The fourth-order valence-electron chi connectivity index (χ4n) is 3.25. The monoisotopic (exact) mass is 557 g/mol. The average Bonchev–Trinajstić information content (AvgIpc) is 2.99. The largest absolute Gasteiger partial charge is 0.378 e. The first kappa shape index (κ1) is 27.1. The summed E-state index contributed by atoms with van der Waals surface area (Å²) in [7, 11) is -3.29. The normalized spacial score (nSPS) is 16.1. The number of nitrogens with zero attached hydrogens (tertiary/aromatic N) is 4. The molecule has 174 valence electrons. The van der Waals surface area contributed by atoms with Crippen LogP contribution in [-0.2, 0) is 21.2 Å². The molecule has 0 radical (unpaired) electrons. The van der Waals surface area contributed by atoms with E-state index < -0.39 is 10.0 Å². The highest BCUT2D eigenvalue weighted by Crippen LogP contribution is 2.13. The third-order valence-corrected chi connectivity index (χ3v) is 6.70. The summed E-state index contributed by atoms with van der Waals surface area (Å²) >= 11 is 0. The van der Waals surface area contributed by atoms with Crippen LogP contribution in [0.4, 0.5) is 0 Å². The summed E-state index contributed by atoms with van der Waals surface area (Å²) in [5, 5.41) is 7.29. The lowest BCUT2D eigenvalue weighted by atomic mass is 10.1. The Hall–Kier alpha value is -0.920. The first-order chi connectivity index (χ1) is 13.7. The number of piperazine rings is 1. The highest BCUT2D eigenvalue weighted by atomic mass is 127. The Morgan fingerprint density at radius 1 is 1.27 bits per heavy atom. The topological polar surface area (TPSA) is 100 Å². The van der Waals surface area contributed by atoms with Crippen molar-refractivity contribution < 1.29 is 17.7 Å². The van der Waals surface area contributed by atoms with Gasteiger partial charge in [-0.15, -0.1) is 24.0 Å². The second-order valence-corrected chi connectivity index (χ2v) is 9.50. The van der Waals surface area contributed by atoms with E-state index in [9.17, 15) is 8.42 Å². The molecule has 0 spiro atoms. The Morgan fingerprint density at radius 3 is 2.47 bits per heavy atom. The number of sulfonamides is 1. The third-order valence-electron chi connectivity index (χ3n) is 4.86. The quantitative estimate of drug-likeness (QED) is 0.281. The third kappa shape index (κ3) is 7.97. The van der Waals surface area contributed by atoms with Crippen molar-refractivity contribution in [1.82, 2.24) is 19.7 Å². The summed E-state index contributed by atoms with van der Waals surface area (Å²) in [6.45, 7) is 13.4. The van der Waals surface area contributed by atoms with Crippen LogP contribution >= 0.6 is 24.0 Å². The Labute approximate surface area is 197 Å². The molecule has 11 heteroatoms. The summed E-state index contributed by atoms with van der Waals surface area (Å²) in [5.41, 5.74) is 2.01. The van der Waals surface area contributed by atoms with E-state index in [2.05, 4.69) is 15.4 Å². The van der Waals surface area contributed by atoms with Gasteiger partial charge in [-0.25, -0.2) is 8.42 Å². The summed E-state index contributed by atoms with van der Waals surface area (Å²) in [5.74, 6) is 1.68. The summed E-state index contributed by atoms with van der Waals surface area (Å²) < 4.78 is 37.2. The van der Waals surface area contributed by atoms with Gasteiger partial charge in [-0.1, -0.05) is 5.16 Å². The van der Waals surface area contributed by atoms with Gasteiger partial charge in [-0.3, -0.25) is 4.99 Å². The molecule has 0 aliphatic carbocycles. The van der Waals surface area contributed by atoms with Crippen molar-refractivity contribution >= 4 is 40.0 Å². The SMILES string of the molecule is CCNC(=NCCc1c(C)noc1C)N1CCN(S(=O)(=O)CCOC(C)C)CC1.I. The molecular weight excluding hydrogens is 521 g/mol. The van der Waals surface area contributed by atoms with Crippen molar-refractivity contribution in [3.05, 3.63) is 17.0 Å². The number of guanidine groups is 1. The minimum Gasteiger partial charge on any atom is -0.378 e. The molecule has 2 heterocycles. The van der Waals surface area contributed by atoms with Crippen LogP contribution in [0.3, 0.4) is 0 Å². The number of aromatic nitrogens is 1. The van der Waals surface area contributed by atoms with Gasteiger partial charge in [0.05, 0.1) is 24.2 Å². The molecule has 9 nitrogen and oxygen atoms in total. The predicted octanol–water partition coefficient (Wildman–Crippen LogP) is 1.79. The molecule has 0 saturated carbocycles. The highest BCUT2D eigenvalue weighted by molar-refractivity contribution is 14.0. The molecule has 0 amide bonds. The van der Waals surface area contributed by atoms with Crippen molar-refractivity contribution in [2.75, 3.05) is 51.6 Å².